The number of fused-ring (bicyclic) bond motifs is 3. The van der Waals surface area contributed by atoms with Crippen LogP contribution in [0.1, 0.15) is 57.4 Å². The minimum Gasteiger partial charge on any atom is -0.437 e. The molecule has 150 valence electrons. The highest BCUT2D eigenvalue weighted by atomic mass is 16.3. The highest BCUT2D eigenvalue weighted by Gasteiger charge is 2.22. The third-order valence-corrected chi connectivity index (χ3v) is 5.58. The van der Waals surface area contributed by atoms with E-state index in [4.69, 9.17) is 9.40 Å². The number of furan rings is 1. The van der Waals surface area contributed by atoms with Gasteiger partial charge in [0.25, 0.3) is 0 Å². The maximum atomic E-state index is 6.40. The molecule has 3 heteroatoms. The SMILES string of the molecule is Cc1ccc2c(oc3nc(CC(C)(C)C)ccc32)c1-c1cc(C(C)C)cc[n+]1C. The van der Waals surface area contributed by atoms with E-state index in [0.29, 0.717) is 5.92 Å². The van der Waals surface area contributed by atoms with Gasteiger partial charge in [-0.15, -0.1) is 0 Å². The standard InChI is InChI=1S/C26H31N2O/c1-16(2)18-12-13-28(7)22(14-18)23-17(3)8-10-20-21-11-9-19(15-26(4,5)6)27-25(21)29-24(20)23/h8-14,16H,15H2,1-7H3/q+1. The van der Waals surface area contributed by atoms with E-state index in [1.807, 2.05) is 0 Å². The molecule has 29 heavy (non-hydrogen) atoms. The van der Waals surface area contributed by atoms with Crippen LogP contribution in [0.25, 0.3) is 33.3 Å². The molecule has 0 fully saturated rings. The predicted octanol–water partition coefficient (Wildman–Crippen LogP) is 6.49. The summed E-state index contributed by atoms with van der Waals surface area (Å²) >= 11 is 0. The van der Waals surface area contributed by atoms with Crippen molar-refractivity contribution < 1.29 is 8.98 Å². The molecule has 0 amide bonds. The lowest BCUT2D eigenvalue weighted by molar-refractivity contribution is -0.660. The van der Waals surface area contributed by atoms with Crippen molar-refractivity contribution in [1.29, 1.82) is 0 Å². The van der Waals surface area contributed by atoms with Gasteiger partial charge in [0, 0.05) is 28.6 Å². The van der Waals surface area contributed by atoms with Crippen molar-refractivity contribution in [2.45, 2.75) is 53.9 Å². The fraction of sp³-hybridized carbons (Fsp3) is 0.385. The van der Waals surface area contributed by atoms with Crippen LogP contribution in [0.4, 0.5) is 0 Å². The first kappa shape index (κ1) is 19.6. The van der Waals surface area contributed by atoms with Crippen molar-refractivity contribution in [2.24, 2.45) is 12.5 Å². The van der Waals surface area contributed by atoms with Gasteiger partial charge in [0.15, 0.2) is 11.8 Å². The Hall–Kier alpha value is -2.68. The first-order valence-corrected chi connectivity index (χ1v) is 10.5. The summed E-state index contributed by atoms with van der Waals surface area (Å²) in [5.41, 5.74) is 7.80. The maximum Gasteiger partial charge on any atom is 0.227 e. The molecule has 0 bridgehead atoms. The summed E-state index contributed by atoms with van der Waals surface area (Å²) in [6.45, 7) is 13.3. The highest BCUT2D eigenvalue weighted by molar-refractivity contribution is 6.08. The topological polar surface area (TPSA) is 29.9 Å². The molecule has 3 heterocycles. The van der Waals surface area contributed by atoms with Gasteiger partial charge in [0.05, 0.1) is 5.56 Å². The molecule has 0 atom stereocenters. The molecule has 3 aromatic heterocycles. The van der Waals surface area contributed by atoms with E-state index in [2.05, 4.69) is 95.8 Å². The number of aryl methyl sites for hydroxylation is 2. The Balaban J connectivity index is 1.97. The number of hydrogen-bond donors (Lipinski definition) is 0. The first-order chi connectivity index (χ1) is 13.6. The summed E-state index contributed by atoms with van der Waals surface area (Å²) < 4.78 is 8.58. The number of rotatable bonds is 3. The largest absolute Gasteiger partial charge is 0.437 e. The quantitative estimate of drug-likeness (QED) is 0.376. The molecule has 0 saturated heterocycles. The zero-order chi connectivity index (χ0) is 20.9. The van der Waals surface area contributed by atoms with Gasteiger partial charge >= 0.3 is 0 Å². The zero-order valence-electron chi connectivity index (χ0n) is 18.6. The number of hydrogen-bond acceptors (Lipinski definition) is 2. The van der Waals surface area contributed by atoms with Crippen molar-refractivity contribution in [2.75, 3.05) is 0 Å². The van der Waals surface area contributed by atoms with Crippen molar-refractivity contribution in [3.05, 3.63) is 59.4 Å². The Bertz CT molecular complexity index is 1210. The molecule has 3 nitrogen and oxygen atoms in total. The second-order valence-electron chi connectivity index (χ2n) is 9.74. The Morgan fingerprint density at radius 2 is 1.76 bits per heavy atom. The van der Waals surface area contributed by atoms with Crippen LogP contribution in [0.3, 0.4) is 0 Å². The number of benzene rings is 1. The van der Waals surface area contributed by atoms with Gasteiger partial charge in [0.2, 0.25) is 11.4 Å². The maximum absolute atomic E-state index is 6.40. The van der Waals surface area contributed by atoms with Gasteiger partial charge < -0.3 is 4.42 Å². The molecule has 0 aliphatic heterocycles. The Morgan fingerprint density at radius 1 is 1.03 bits per heavy atom. The molecule has 1 aromatic carbocycles. The second-order valence-corrected chi connectivity index (χ2v) is 9.74. The monoisotopic (exact) mass is 387 g/mol. The summed E-state index contributed by atoms with van der Waals surface area (Å²) in [4.78, 5) is 4.86. The summed E-state index contributed by atoms with van der Waals surface area (Å²) in [5.74, 6) is 0.478. The third-order valence-electron chi connectivity index (χ3n) is 5.58. The van der Waals surface area contributed by atoms with Crippen LogP contribution in [-0.2, 0) is 13.5 Å². The number of aromatic nitrogens is 2. The summed E-state index contributed by atoms with van der Waals surface area (Å²) in [7, 11) is 2.10. The van der Waals surface area contributed by atoms with Gasteiger partial charge in [-0.2, -0.15) is 0 Å². The van der Waals surface area contributed by atoms with E-state index in [1.165, 1.54) is 16.8 Å². The summed E-state index contributed by atoms with van der Waals surface area (Å²) in [6, 6.07) is 13.1. The zero-order valence-corrected chi connectivity index (χ0v) is 18.6. The predicted molar refractivity (Wildman–Crippen MR) is 120 cm³/mol. The molecule has 0 aliphatic carbocycles. The molecule has 4 aromatic rings. The molecule has 0 saturated carbocycles. The van der Waals surface area contributed by atoms with Gasteiger partial charge in [-0.3, -0.25) is 0 Å². The average molecular weight is 388 g/mol. The average Bonchev–Trinajstić information content (AvgIpc) is 2.98. The molecule has 0 aliphatic rings. The van der Waals surface area contributed by atoms with Gasteiger partial charge in [-0.1, -0.05) is 46.8 Å². The van der Waals surface area contributed by atoms with E-state index < -0.39 is 0 Å². The van der Waals surface area contributed by atoms with Crippen molar-refractivity contribution >= 4 is 22.1 Å². The third kappa shape index (κ3) is 3.66. The van der Waals surface area contributed by atoms with Crippen LogP contribution in [0.15, 0.2) is 47.0 Å². The molecule has 0 spiro atoms. The lowest BCUT2D eigenvalue weighted by Crippen LogP contribution is -2.31. The lowest BCUT2D eigenvalue weighted by atomic mass is 9.90. The van der Waals surface area contributed by atoms with E-state index in [-0.39, 0.29) is 5.41 Å². The van der Waals surface area contributed by atoms with Crippen LogP contribution >= 0.6 is 0 Å². The molecule has 4 rings (SSSR count). The number of pyridine rings is 2. The summed E-state index contributed by atoms with van der Waals surface area (Å²) in [5, 5.41) is 2.21. The smallest absolute Gasteiger partial charge is 0.227 e. The van der Waals surface area contributed by atoms with Crippen molar-refractivity contribution in [3.8, 4) is 11.3 Å². The fourth-order valence-corrected chi connectivity index (χ4v) is 4.01. The molecule has 0 unspecified atom stereocenters. The van der Waals surface area contributed by atoms with E-state index in [0.717, 1.165) is 39.7 Å². The minimum absolute atomic E-state index is 0.194. The Labute approximate surface area is 173 Å². The lowest BCUT2D eigenvalue weighted by Gasteiger charge is -2.16. The van der Waals surface area contributed by atoms with Gasteiger partial charge in [0.1, 0.15) is 7.05 Å². The van der Waals surface area contributed by atoms with Crippen LogP contribution in [0.2, 0.25) is 0 Å². The highest BCUT2D eigenvalue weighted by Crippen LogP contribution is 2.37. The van der Waals surface area contributed by atoms with Crippen LogP contribution in [0, 0.1) is 12.3 Å². The Kier molecular flexibility index (Phi) is 4.72. The Morgan fingerprint density at radius 3 is 2.45 bits per heavy atom. The van der Waals surface area contributed by atoms with Crippen LogP contribution < -0.4 is 4.57 Å². The van der Waals surface area contributed by atoms with Gasteiger partial charge in [-0.25, -0.2) is 9.55 Å². The normalized spacial score (nSPS) is 12.4. The molecule has 0 N–H and O–H groups in total. The fourth-order valence-electron chi connectivity index (χ4n) is 4.01. The van der Waals surface area contributed by atoms with E-state index in [9.17, 15) is 0 Å². The molecular weight excluding hydrogens is 356 g/mol. The van der Waals surface area contributed by atoms with Crippen LogP contribution in [-0.4, -0.2) is 4.98 Å². The van der Waals surface area contributed by atoms with Gasteiger partial charge in [-0.05, 0) is 47.9 Å². The summed E-state index contributed by atoms with van der Waals surface area (Å²) in [6.07, 6.45) is 3.07. The second kappa shape index (κ2) is 6.98. The first-order valence-electron chi connectivity index (χ1n) is 10.5. The number of nitrogens with zero attached hydrogens (tertiary/aromatic N) is 2. The minimum atomic E-state index is 0.194. The van der Waals surface area contributed by atoms with Crippen molar-refractivity contribution in [1.82, 2.24) is 4.98 Å². The molecule has 0 radical (unpaired) electrons. The van der Waals surface area contributed by atoms with Crippen LogP contribution in [0.5, 0.6) is 0 Å². The van der Waals surface area contributed by atoms with Crippen molar-refractivity contribution in [3.63, 3.8) is 0 Å². The van der Waals surface area contributed by atoms with E-state index >= 15 is 0 Å². The molecular formula is C26H31N2O+. The van der Waals surface area contributed by atoms with E-state index in [1.54, 1.807) is 0 Å².